The second-order valence-electron chi connectivity index (χ2n) is 5.71. The monoisotopic (exact) mass is 295 g/mol. The summed E-state index contributed by atoms with van der Waals surface area (Å²) in [5.41, 5.74) is 5.50. The molecule has 0 aromatic carbocycles. The van der Waals surface area contributed by atoms with Crippen LogP contribution in [0.3, 0.4) is 0 Å². The van der Waals surface area contributed by atoms with Crippen LogP contribution in [0.1, 0.15) is 39.9 Å². The number of aromatic nitrogens is 2. The molecule has 0 aliphatic rings. The highest BCUT2D eigenvalue weighted by Gasteiger charge is 2.13. The normalized spacial score (nSPS) is 11.2. The highest BCUT2D eigenvalue weighted by Crippen LogP contribution is 2.09. The molecule has 1 rings (SSSR count). The third-order valence-electron chi connectivity index (χ3n) is 2.40. The predicted octanol–water partition coefficient (Wildman–Crippen LogP) is 1.31. The van der Waals surface area contributed by atoms with Gasteiger partial charge in [-0.1, -0.05) is 0 Å². The van der Waals surface area contributed by atoms with E-state index in [4.69, 9.17) is 10.5 Å². The minimum atomic E-state index is -0.221. The van der Waals surface area contributed by atoms with E-state index in [9.17, 15) is 4.79 Å². The quantitative estimate of drug-likeness (QED) is 0.701. The van der Waals surface area contributed by atoms with Crippen molar-refractivity contribution in [1.29, 1.82) is 0 Å². The zero-order valence-electron chi connectivity index (χ0n) is 13.2. The summed E-state index contributed by atoms with van der Waals surface area (Å²) in [6.45, 7) is 9.14. The fourth-order valence-corrected chi connectivity index (χ4v) is 1.65. The standard InChI is InChI=1S/C14H25N5O2/c1-5-21-9-12-17-10(15)8-11(18-12)16-7-6-13(20)19-14(2,3)4/h8H,5-7,9H2,1-4H3,(H,19,20)(H3,15,16,17,18). The van der Waals surface area contributed by atoms with E-state index in [0.717, 1.165) is 0 Å². The van der Waals surface area contributed by atoms with Crippen LogP contribution in [0.15, 0.2) is 6.07 Å². The van der Waals surface area contributed by atoms with E-state index < -0.39 is 0 Å². The van der Waals surface area contributed by atoms with E-state index >= 15 is 0 Å². The molecule has 1 amide bonds. The lowest BCUT2D eigenvalue weighted by molar-refractivity contribution is -0.122. The molecular weight excluding hydrogens is 270 g/mol. The fourth-order valence-electron chi connectivity index (χ4n) is 1.65. The minimum Gasteiger partial charge on any atom is -0.384 e. The van der Waals surface area contributed by atoms with Gasteiger partial charge in [-0.25, -0.2) is 9.97 Å². The van der Waals surface area contributed by atoms with Gasteiger partial charge in [0.05, 0.1) is 0 Å². The van der Waals surface area contributed by atoms with E-state index in [0.29, 0.717) is 43.6 Å². The molecule has 0 atom stereocenters. The summed E-state index contributed by atoms with van der Waals surface area (Å²) < 4.78 is 5.25. The zero-order chi connectivity index (χ0) is 15.9. The van der Waals surface area contributed by atoms with Crippen molar-refractivity contribution >= 4 is 17.5 Å². The van der Waals surface area contributed by atoms with E-state index in [1.165, 1.54) is 0 Å². The maximum atomic E-state index is 11.7. The lowest BCUT2D eigenvalue weighted by Gasteiger charge is -2.20. The largest absolute Gasteiger partial charge is 0.384 e. The van der Waals surface area contributed by atoms with Crippen LogP contribution in [0.2, 0.25) is 0 Å². The Morgan fingerprint density at radius 3 is 2.71 bits per heavy atom. The van der Waals surface area contributed by atoms with Gasteiger partial charge in [0.25, 0.3) is 0 Å². The van der Waals surface area contributed by atoms with Crippen molar-refractivity contribution in [2.45, 2.75) is 46.3 Å². The van der Waals surface area contributed by atoms with E-state index in [1.807, 2.05) is 27.7 Å². The molecule has 0 saturated carbocycles. The molecule has 21 heavy (non-hydrogen) atoms. The third kappa shape index (κ3) is 7.45. The van der Waals surface area contributed by atoms with Gasteiger partial charge in [-0.3, -0.25) is 4.79 Å². The molecule has 1 aromatic rings. The van der Waals surface area contributed by atoms with Gasteiger partial charge in [-0.15, -0.1) is 0 Å². The summed E-state index contributed by atoms with van der Waals surface area (Å²) in [6.07, 6.45) is 0.363. The number of carbonyl (C=O) groups is 1. The van der Waals surface area contributed by atoms with Crippen LogP contribution < -0.4 is 16.4 Å². The molecule has 0 radical (unpaired) electrons. The average molecular weight is 295 g/mol. The van der Waals surface area contributed by atoms with Gasteiger partial charge in [-0.05, 0) is 27.7 Å². The van der Waals surface area contributed by atoms with Gasteiger partial charge in [0.1, 0.15) is 18.2 Å². The maximum Gasteiger partial charge on any atom is 0.222 e. The Morgan fingerprint density at radius 1 is 1.38 bits per heavy atom. The maximum absolute atomic E-state index is 11.7. The van der Waals surface area contributed by atoms with Crippen LogP contribution in [0, 0.1) is 0 Å². The zero-order valence-corrected chi connectivity index (χ0v) is 13.2. The molecular formula is C14H25N5O2. The number of anilines is 2. The highest BCUT2D eigenvalue weighted by molar-refractivity contribution is 5.77. The molecule has 0 unspecified atom stereocenters. The minimum absolute atomic E-state index is 0.00781. The van der Waals surface area contributed by atoms with Crippen molar-refractivity contribution in [2.75, 3.05) is 24.2 Å². The van der Waals surface area contributed by atoms with Gasteiger partial charge in [0.2, 0.25) is 5.91 Å². The van der Waals surface area contributed by atoms with Crippen molar-refractivity contribution in [1.82, 2.24) is 15.3 Å². The Balaban J connectivity index is 2.48. The van der Waals surface area contributed by atoms with Gasteiger partial charge in [-0.2, -0.15) is 0 Å². The first-order chi connectivity index (χ1) is 9.80. The average Bonchev–Trinajstić information content (AvgIpc) is 2.33. The van der Waals surface area contributed by atoms with Crippen molar-refractivity contribution in [3.63, 3.8) is 0 Å². The van der Waals surface area contributed by atoms with Crippen LogP contribution >= 0.6 is 0 Å². The highest BCUT2D eigenvalue weighted by atomic mass is 16.5. The molecule has 0 bridgehead atoms. The number of hydrogen-bond donors (Lipinski definition) is 3. The summed E-state index contributed by atoms with van der Waals surface area (Å²) in [5.74, 6) is 1.49. The molecule has 7 heteroatoms. The van der Waals surface area contributed by atoms with Gasteiger partial charge < -0.3 is 21.1 Å². The number of carbonyl (C=O) groups excluding carboxylic acids is 1. The summed E-state index contributed by atoms with van der Waals surface area (Å²) in [6, 6.07) is 1.64. The Morgan fingerprint density at radius 2 is 2.10 bits per heavy atom. The second kappa shape index (κ2) is 7.78. The topological polar surface area (TPSA) is 102 Å². The van der Waals surface area contributed by atoms with Crippen LogP contribution in [-0.2, 0) is 16.1 Å². The molecule has 0 fully saturated rings. The third-order valence-corrected chi connectivity index (χ3v) is 2.40. The Bertz CT molecular complexity index is 471. The number of nitrogens with one attached hydrogen (secondary N) is 2. The number of rotatable bonds is 7. The molecule has 0 aliphatic heterocycles. The SMILES string of the molecule is CCOCc1nc(N)cc(NCCC(=O)NC(C)(C)C)n1. The number of amides is 1. The summed E-state index contributed by atoms with van der Waals surface area (Å²) >= 11 is 0. The van der Waals surface area contributed by atoms with Crippen molar-refractivity contribution in [3.05, 3.63) is 11.9 Å². The number of nitrogens with two attached hydrogens (primary N) is 1. The first-order valence-corrected chi connectivity index (χ1v) is 7.06. The van der Waals surface area contributed by atoms with Gasteiger partial charge in [0.15, 0.2) is 5.82 Å². The van der Waals surface area contributed by atoms with Gasteiger partial charge in [0, 0.05) is 31.2 Å². The van der Waals surface area contributed by atoms with Crippen LogP contribution in [0.4, 0.5) is 11.6 Å². The first-order valence-electron chi connectivity index (χ1n) is 7.06. The predicted molar refractivity (Wildman–Crippen MR) is 82.8 cm³/mol. The van der Waals surface area contributed by atoms with Crippen molar-refractivity contribution in [2.24, 2.45) is 0 Å². The molecule has 1 heterocycles. The van der Waals surface area contributed by atoms with Crippen molar-refractivity contribution in [3.8, 4) is 0 Å². The van der Waals surface area contributed by atoms with Gasteiger partial charge >= 0.3 is 0 Å². The second-order valence-corrected chi connectivity index (χ2v) is 5.71. The molecule has 118 valence electrons. The van der Waals surface area contributed by atoms with Crippen LogP contribution in [-0.4, -0.2) is 34.6 Å². The van der Waals surface area contributed by atoms with E-state index in [2.05, 4.69) is 20.6 Å². The van der Waals surface area contributed by atoms with Crippen molar-refractivity contribution < 1.29 is 9.53 Å². The number of nitrogens with zero attached hydrogens (tertiary/aromatic N) is 2. The molecule has 7 nitrogen and oxygen atoms in total. The molecule has 4 N–H and O–H groups in total. The number of nitrogen functional groups attached to an aromatic ring is 1. The summed E-state index contributed by atoms with van der Waals surface area (Å²) in [5, 5.41) is 5.97. The lowest BCUT2D eigenvalue weighted by atomic mass is 10.1. The molecule has 0 spiro atoms. The van der Waals surface area contributed by atoms with Crippen LogP contribution in [0.25, 0.3) is 0 Å². The van der Waals surface area contributed by atoms with Crippen LogP contribution in [0.5, 0.6) is 0 Å². The molecule has 0 saturated heterocycles. The fraction of sp³-hybridized carbons (Fsp3) is 0.643. The number of hydrogen-bond acceptors (Lipinski definition) is 6. The van der Waals surface area contributed by atoms with E-state index in [1.54, 1.807) is 6.07 Å². The number of ether oxygens (including phenoxy) is 1. The molecule has 1 aromatic heterocycles. The Hall–Kier alpha value is -1.89. The molecule has 0 aliphatic carbocycles. The smallest absolute Gasteiger partial charge is 0.222 e. The first kappa shape index (κ1) is 17.2. The lowest BCUT2D eigenvalue weighted by Crippen LogP contribution is -2.41. The Kier molecular flexibility index (Phi) is 6.36. The Labute approximate surface area is 125 Å². The summed E-state index contributed by atoms with van der Waals surface area (Å²) in [4.78, 5) is 20.1. The summed E-state index contributed by atoms with van der Waals surface area (Å²) in [7, 11) is 0. The van der Waals surface area contributed by atoms with E-state index in [-0.39, 0.29) is 11.4 Å².